The van der Waals surface area contributed by atoms with Crippen LogP contribution in [0.5, 0.6) is 0 Å². The van der Waals surface area contributed by atoms with Gasteiger partial charge in [0.05, 0.1) is 4.90 Å². The van der Waals surface area contributed by atoms with Crippen molar-refractivity contribution in [1.29, 1.82) is 0 Å². The maximum atomic E-state index is 12.8. The highest BCUT2D eigenvalue weighted by Gasteiger charge is 2.31. The van der Waals surface area contributed by atoms with Crippen LogP contribution in [-0.2, 0) is 10.0 Å². The first-order valence-corrected chi connectivity index (χ1v) is 10.8. The molecule has 0 bridgehead atoms. The number of hydrogen-bond acceptors (Lipinski definition) is 3. The highest BCUT2D eigenvalue weighted by molar-refractivity contribution is 7.89. The molecule has 1 aromatic carbocycles. The van der Waals surface area contributed by atoms with E-state index in [1.807, 2.05) is 6.92 Å². The molecule has 2 aliphatic rings. The van der Waals surface area contributed by atoms with Gasteiger partial charge in [-0.3, -0.25) is 4.90 Å². The molecule has 1 saturated heterocycles. The third-order valence-corrected chi connectivity index (χ3v) is 7.70. The van der Waals surface area contributed by atoms with Gasteiger partial charge in [-0.25, -0.2) is 8.42 Å². The van der Waals surface area contributed by atoms with Crippen molar-refractivity contribution in [2.24, 2.45) is 0 Å². The molecule has 1 aromatic rings. The van der Waals surface area contributed by atoms with Crippen LogP contribution < -0.4 is 0 Å². The molecule has 0 aromatic heterocycles. The first-order chi connectivity index (χ1) is 11.5. The van der Waals surface area contributed by atoms with Crippen LogP contribution in [0.25, 0.3) is 0 Å². The molecule has 134 valence electrons. The molecule has 0 unspecified atom stereocenters. The lowest BCUT2D eigenvalue weighted by Crippen LogP contribution is -2.51. The lowest BCUT2D eigenvalue weighted by atomic mass is 10.1. The van der Waals surface area contributed by atoms with Gasteiger partial charge in [0.2, 0.25) is 10.0 Å². The number of nitrogens with zero attached hydrogens (tertiary/aromatic N) is 2. The largest absolute Gasteiger partial charge is 0.298 e. The number of halogens is 1. The van der Waals surface area contributed by atoms with Crippen molar-refractivity contribution in [2.75, 3.05) is 26.2 Å². The van der Waals surface area contributed by atoms with Gasteiger partial charge in [0.15, 0.2) is 0 Å². The van der Waals surface area contributed by atoms with Crippen LogP contribution in [0.15, 0.2) is 23.1 Å². The van der Waals surface area contributed by atoms with E-state index in [-0.39, 0.29) is 0 Å². The topological polar surface area (TPSA) is 40.6 Å². The van der Waals surface area contributed by atoms with Gasteiger partial charge in [0.25, 0.3) is 0 Å². The summed E-state index contributed by atoms with van der Waals surface area (Å²) in [6.07, 6.45) is 7.84. The molecule has 6 heteroatoms. The van der Waals surface area contributed by atoms with E-state index in [2.05, 4.69) is 4.90 Å². The molecule has 3 rings (SSSR count). The fraction of sp³-hybridized carbons (Fsp3) is 0.667. The van der Waals surface area contributed by atoms with E-state index in [1.54, 1.807) is 22.5 Å². The van der Waals surface area contributed by atoms with E-state index in [9.17, 15) is 8.42 Å². The van der Waals surface area contributed by atoms with E-state index in [4.69, 9.17) is 11.6 Å². The van der Waals surface area contributed by atoms with Gasteiger partial charge >= 0.3 is 0 Å². The maximum Gasteiger partial charge on any atom is 0.243 e. The minimum absolute atomic E-state index is 0.306. The molecule has 0 spiro atoms. The Labute approximate surface area is 150 Å². The van der Waals surface area contributed by atoms with E-state index in [1.165, 1.54) is 38.5 Å². The summed E-state index contributed by atoms with van der Waals surface area (Å²) in [7, 11) is -3.44. The Balaban J connectivity index is 1.65. The highest BCUT2D eigenvalue weighted by atomic mass is 35.5. The molecule has 0 N–H and O–H groups in total. The highest BCUT2D eigenvalue weighted by Crippen LogP contribution is 2.26. The Morgan fingerprint density at radius 1 is 1.00 bits per heavy atom. The summed E-state index contributed by atoms with van der Waals surface area (Å²) in [6.45, 7) is 4.70. The van der Waals surface area contributed by atoms with Crippen molar-refractivity contribution in [3.05, 3.63) is 28.8 Å². The number of sulfonamides is 1. The smallest absolute Gasteiger partial charge is 0.243 e. The van der Waals surface area contributed by atoms with Gasteiger partial charge in [0.1, 0.15) is 0 Å². The molecule has 4 nitrogen and oxygen atoms in total. The Morgan fingerprint density at radius 2 is 1.62 bits per heavy atom. The lowest BCUT2D eigenvalue weighted by molar-refractivity contribution is 0.126. The molecule has 1 aliphatic heterocycles. The van der Waals surface area contributed by atoms with Crippen molar-refractivity contribution >= 4 is 21.6 Å². The van der Waals surface area contributed by atoms with Gasteiger partial charge in [-0.2, -0.15) is 4.31 Å². The Morgan fingerprint density at radius 3 is 2.21 bits per heavy atom. The zero-order valence-corrected chi connectivity index (χ0v) is 16.0. The maximum absolute atomic E-state index is 12.8. The van der Waals surface area contributed by atoms with Crippen LogP contribution in [0.3, 0.4) is 0 Å². The predicted octanol–water partition coefficient (Wildman–Crippen LogP) is 3.68. The molecule has 1 aliphatic carbocycles. The van der Waals surface area contributed by atoms with Crippen LogP contribution in [0.2, 0.25) is 5.02 Å². The number of hydrogen-bond donors (Lipinski definition) is 0. The second-order valence-corrected chi connectivity index (χ2v) is 9.34. The van der Waals surface area contributed by atoms with Gasteiger partial charge in [-0.1, -0.05) is 43.4 Å². The third-order valence-electron chi connectivity index (χ3n) is 5.40. The molecule has 0 atom stereocenters. The summed E-state index contributed by atoms with van der Waals surface area (Å²) < 4.78 is 27.3. The van der Waals surface area contributed by atoms with Crippen molar-refractivity contribution in [3.8, 4) is 0 Å². The summed E-state index contributed by atoms with van der Waals surface area (Å²) in [6, 6.07) is 5.65. The summed E-state index contributed by atoms with van der Waals surface area (Å²) in [5, 5.41) is 0.508. The molecular weight excluding hydrogens is 344 g/mol. The number of benzene rings is 1. The molecule has 0 amide bonds. The fourth-order valence-electron chi connectivity index (χ4n) is 3.82. The molecule has 2 fully saturated rings. The van der Waals surface area contributed by atoms with Gasteiger partial charge < -0.3 is 0 Å². The fourth-order valence-corrected chi connectivity index (χ4v) is 5.51. The first kappa shape index (κ1) is 18.2. The third kappa shape index (κ3) is 3.96. The molecular formula is C18H27ClN2O2S. The molecule has 0 radical (unpaired) electrons. The quantitative estimate of drug-likeness (QED) is 0.762. The minimum atomic E-state index is -3.44. The summed E-state index contributed by atoms with van der Waals surface area (Å²) >= 11 is 6.11. The molecule has 1 saturated carbocycles. The van der Waals surface area contributed by atoms with Gasteiger partial charge in [0, 0.05) is 37.2 Å². The van der Waals surface area contributed by atoms with E-state index in [0.29, 0.717) is 29.0 Å². The SMILES string of the molecule is Cc1ccc(S(=O)(=O)N2CCN(C3CCCCCC3)CC2)cc1Cl. The van der Waals surface area contributed by atoms with Crippen molar-refractivity contribution in [3.63, 3.8) is 0 Å². The van der Waals surface area contributed by atoms with Crippen LogP contribution in [0.4, 0.5) is 0 Å². The van der Waals surface area contributed by atoms with Gasteiger partial charge in [-0.05, 0) is 37.5 Å². The second kappa shape index (κ2) is 7.73. The Hall–Kier alpha value is -0.620. The van der Waals surface area contributed by atoms with Crippen molar-refractivity contribution in [1.82, 2.24) is 9.21 Å². The summed E-state index contributed by atoms with van der Waals surface area (Å²) in [5.41, 5.74) is 0.897. The molecule has 1 heterocycles. The number of rotatable bonds is 3. The van der Waals surface area contributed by atoms with Crippen molar-refractivity contribution in [2.45, 2.75) is 56.4 Å². The lowest BCUT2D eigenvalue weighted by Gasteiger charge is -2.38. The van der Waals surface area contributed by atoms with E-state index >= 15 is 0 Å². The van der Waals surface area contributed by atoms with Crippen LogP contribution >= 0.6 is 11.6 Å². The zero-order chi connectivity index (χ0) is 17.2. The van der Waals surface area contributed by atoms with E-state index in [0.717, 1.165) is 18.7 Å². The Bertz CT molecular complexity index is 662. The standard InChI is InChI=1S/C18H27ClN2O2S/c1-15-8-9-17(14-18(15)19)24(22,23)21-12-10-20(11-13-21)16-6-4-2-3-5-7-16/h8-9,14,16H,2-7,10-13H2,1H3. The second-order valence-electron chi connectivity index (χ2n) is 7.00. The number of aryl methyl sites for hydroxylation is 1. The average Bonchev–Trinajstić information content (AvgIpc) is 2.86. The van der Waals surface area contributed by atoms with Crippen LogP contribution in [-0.4, -0.2) is 49.8 Å². The van der Waals surface area contributed by atoms with Crippen molar-refractivity contribution < 1.29 is 8.42 Å². The number of piperazine rings is 1. The predicted molar refractivity (Wildman–Crippen MR) is 98.0 cm³/mol. The minimum Gasteiger partial charge on any atom is -0.298 e. The van der Waals surface area contributed by atoms with E-state index < -0.39 is 10.0 Å². The Kier molecular flexibility index (Phi) is 5.85. The van der Waals surface area contributed by atoms with Gasteiger partial charge in [-0.15, -0.1) is 0 Å². The summed E-state index contributed by atoms with van der Waals surface area (Å²) in [5.74, 6) is 0. The molecule has 24 heavy (non-hydrogen) atoms. The normalized spacial score (nSPS) is 22.4. The van der Waals surface area contributed by atoms with Crippen LogP contribution in [0, 0.1) is 6.92 Å². The summed E-state index contributed by atoms with van der Waals surface area (Å²) in [4.78, 5) is 2.81. The monoisotopic (exact) mass is 370 g/mol. The van der Waals surface area contributed by atoms with Crippen LogP contribution in [0.1, 0.15) is 44.1 Å². The zero-order valence-electron chi connectivity index (χ0n) is 14.4. The average molecular weight is 371 g/mol. The first-order valence-electron chi connectivity index (χ1n) is 8.99.